The second-order valence-electron chi connectivity index (χ2n) is 6.05. The van der Waals surface area contributed by atoms with E-state index in [-0.39, 0.29) is 12.4 Å². The molecule has 1 saturated heterocycles. The fourth-order valence-electron chi connectivity index (χ4n) is 2.76. The third-order valence-electron chi connectivity index (χ3n) is 4.03. The maximum atomic E-state index is 11.3. The summed E-state index contributed by atoms with van der Waals surface area (Å²) in [5.74, 6) is -0.283. The summed E-state index contributed by atoms with van der Waals surface area (Å²) in [7, 11) is 0. The number of piperazine rings is 1. The van der Waals surface area contributed by atoms with E-state index in [9.17, 15) is 4.79 Å². The Morgan fingerprint density at radius 2 is 1.83 bits per heavy atom. The Labute approximate surface area is 138 Å². The van der Waals surface area contributed by atoms with Crippen molar-refractivity contribution in [1.29, 1.82) is 5.41 Å². The van der Waals surface area contributed by atoms with Crippen molar-refractivity contribution in [3.05, 3.63) is 30.3 Å². The first-order chi connectivity index (χ1) is 11.1. The minimum absolute atomic E-state index is 0.113. The van der Waals surface area contributed by atoms with Crippen molar-refractivity contribution in [2.75, 3.05) is 44.2 Å². The van der Waals surface area contributed by atoms with E-state index in [0.29, 0.717) is 12.3 Å². The van der Waals surface area contributed by atoms with E-state index in [0.717, 1.165) is 45.6 Å². The minimum atomic E-state index is -0.283. The van der Waals surface area contributed by atoms with Crippen LogP contribution in [0.1, 0.15) is 26.2 Å². The molecule has 23 heavy (non-hydrogen) atoms. The molecule has 5 heteroatoms. The van der Waals surface area contributed by atoms with Gasteiger partial charge in [0.05, 0.1) is 13.0 Å². The lowest BCUT2D eigenvalue weighted by atomic mass is 10.2. The van der Waals surface area contributed by atoms with Gasteiger partial charge in [-0.1, -0.05) is 18.2 Å². The van der Waals surface area contributed by atoms with Gasteiger partial charge < -0.3 is 15.0 Å². The monoisotopic (exact) mass is 317 g/mol. The molecule has 1 heterocycles. The summed E-state index contributed by atoms with van der Waals surface area (Å²) in [4.78, 5) is 16.2. The SMILES string of the molecule is CC(=N)CC(=O)OCCCCN1CCN(c2ccccc2)CC1. The quantitative estimate of drug-likeness (QED) is 0.455. The molecule has 0 unspecified atom stereocenters. The normalized spacial score (nSPS) is 15.4. The lowest BCUT2D eigenvalue weighted by molar-refractivity contribution is -0.142. The first-order valence-corrected chi connectivity index (χ1v) is 8.37. The van der Waals surface area contributed by atoms with E-state index in [1.165, 1.54) is 5.69 Å². The number of benzene rings is 1. The Kier molecular flexibility index (Phi) is 7.07. The van der Waals surface area contributed by atoms with Gasteiger partial charge in [-0.05, 0) is 38.4 Å². The average Bonchev–Trinajstić information content (AvgIpc) is 2.55. The molecular weight excluding hydrogens is 290 g/mol. The van der Waals surface area contributed by atoms with E-state index >= 15 is 0 Å². The molecule has 0 spiro atoms. The number of nitrogens with zero attached hydrogens (tertiary/aromatic N) is 2. The first kappa shape index (κ1) is 17.5. The molecule has 1 aromatic carbocycles. The molecule has 1 fully saturated rings. The van der Waals surface area contributed by atoms with Crippen molar-refractivity contribution in [2.45, 2.75) is 26.2 Å². The summed E-state index contributed by atoms with van der Waals surface area (Å²) >= 11 is 0. The zero-order valence-corrected chi connectivity index (χ0v) is 14.0. The number of para-hydroxylation sites is 1. The summed E-state index contributed by atoms with van der Waals surface area (Å²) < 4.78 is 5.11. The van der Waals surface area contributed by atoms with E-state index < -0.39 is 0 Å². The number of hydrogen-bond donors (Lipinski definition) is 1. The van der Waals surface area contributed by atoms with Crippen molar-refractivity contribution in [3.63, 3.8) is 0 Å². The van der Waals surface area contributed by atoms with Gasteiger partial charge >= 0.3 is 5.97 Å². The molecule has 126 valence electrons. The van der Waals surface area contributed by atoms with Crippen molar-refractivity contribution in [2.24, 2.45) is 0 Å². The predicted molar refractivity (Wildman–Crippen MR) is 93.3 cm³/mol. The van der Waals surface area contributed by atoms with Gasteiger partial charge in [0, 0.05) is 37.6 Å². The van der Waals surface area contributed by atoms with Gasteiger partial charge in [-0.3, -0.25) is 9.69 Å². The Morgan fingerprint density at radius 1 is 1.13 bits per heavy atom. The third kappa shape index (κ3) is 6.40. The standard InChI is InChI=1S/C18H27N3O2/c1-16(19)15-18(22)23-14-6-5-9-20-10-12-21(13-11-20)17-7-3-2-4-8-17/h2-4,7-8,19H,5-6,9-15H2,1H3. The fraction of sp³-hybridized carbons (Fsp3) is 0.556. The molecule has 0 aliphatic carbocycles. The largest absolute Gasteiger partial charge is 0.465 e. The van der Waals surface area contributed by atoms with Crippen molar-refractivity contribution in [3.8, 4) is 0 Å². The van der Waals surface area contributed by atoms with Gasteiger partial charge in [0.2, 0.25) is 0 Å². The van der Waals surface area contributed by atoms with Gasteiger partial charge in [-0.15, -0.1) is 0 Å². The van der Waals surface area contributed by atoms with Gasteiger partial charge in [0.1, 0.15) is 0 Å². The Morgan fingerprint density at radius 3 is 2.48 bits per heavy atom. The number of carbonyl (C=O) groups excluding carboxylic acids is 1. The molecule has 2 rings (SSSR count). The van der Waals surface area contributed by atoms with Crippen LogP contribution in [0.3, 0.4) is 0 Å². The zero-order valence-electron chi connectivity index (χ0n) is 14.0. The van der Waals surface area contributed by atoms with Crippen LogP contribution in [0.25, 0.3) is 0 Å². The molecule has 0 bridgehead atoms. The number of ether oxygens (including phenoxy) is 1. The molecule has 1 aromatic rings. The fourth-order valence-corrected chi connectivity index (χ4v) is 2.76. The molecule has 0 aromatic heterocycles. The molecule has 0 radical (unpaired) electrons. The number of rotatable bonds is 8. The van der Waals surface area contributed by atoms with Crippen LogP contribution in [0.15, 0.2) is 30.3 Å². The second-order valence-corrected chi connectivity index (χ2v) is 6.05. The van der Waals surface area contributed by atoms with E-state index in [1.54, 1.807) is 6.92 Å². The zero-order chi connectivity index (χ0) is 16.5. The van der Waals surface area contributed by atoms with Crippen molar-refractivity contribution in [1.82, 2.24) is 4.90 Å². The van der Waals surface area contributed by atoms with Crippen LogP contribution in [0.2, 0.25) is 0 Å². The highest BCUT2D eigenvalue weighted by molar-refractivity contribution is 5.95. The highest BCUT2D eigenvalue weighted by atomic mass is 16.5. The molecule has 1 aliphatic rings. The Hall–Kier alpha value is -1.88. The first-order valence-electron chi connectivity index (χ1n) is 8.37. The highest BCUT2D eigenvalue weighted by Gasteiger charge is 2.16. The maximum Gasteiger partial charge on any atom is 0.311 e. The van der Waals surface area contributed by atoms with Crippen LogP contribution in [0.5, 0.6) is 0 Å². The van der Waals surface area contributed by atoms with Gasteiger partial charge in [0.25, 0.3) is 0 Å². The third-order valence-corrected chi connectivity index (χ3v) is 4.03. The Bertz CT molecular complexity index is 496. The number of nitrogens with one attached hydrogen (secondary N) is 1. The number of esters is 1. The van der Waals surface area contributed by atoms with E-state index in [1.807, 2.05) is 0 Å². The van der Waals surface area contributed by atoms with Gasteiger partial charge in [0.15, 0.2) is 0 Å². The van der Waals surface area contributed by atoms with E-state index in [2.05, 4.69) is 40.1 Å². The molecule has 1 aliphatic heterocycles. The maximum absolute atomic E-state index is 11.3. The molecule has 5 nitrogen and oxygen atoms in total. The van der Waals surface area contributed by atoms with Crippen LogP contribution in [0.4, 0.5) is 5.69 Å². The summed E-state index contributed by atoms with van der Waals surface area (Å²) in [6.07, 6.45) is 2.05. The van der Waals surface area contributed by atoms with Crippen LogP contribution in [-0.2, 0) is 9.53 Å². The lowest BCUT2D eigenvalue weighted by Crippen LogP contribution is -2.46. The predicted octanol–water partition coefficient (Wildman–Crippen LogP) is 2.56. The van der Waals surface area contributed by atoms with Crippen molar-refractivity contribution >= 4 is 17.4 Å². The number of anilines is 1. The summed E-state index contributed by atoms with van der Waals surface area (Å²) in [5.41, 5.74) is 1.66. The van der Waals surface area contributed by atoms with Crippen LogP contribution >= 0.6 is 0 Å². The lowest BCUT2D eigenvalue weighted by Gasteiger charge is -2.36. The molecule has 1 N–H and O–H groups in total. The molecular formula is C18H27N3O2. The summed E-state index contributed by atoms with van der Waals surface area (Å²) in [6, 6.07) is 10.6. The number of carbonyl (C=O) groups is 1. The van der Waals surface area contributed by atoms with Gasteiger partial charge in [-0.25, -0.2) is 0 Å². The topological polar surface area (TPSA) is 56.6 Å². The number of unbranched alkanes of at least 4 members (excludes halogenated alkanes) is 1. The number of hydrogen-bond acceptors (Lipinski definition) is 5. The van der Waals surface area contributed by atoms with E-state index in [4.69, 9.17) is 10.1 Å². The average molecular weight is 317 g/mol. The smallest absolute Gasteiger partial charge is 0.311 e. The summed E-state index contributed by atoms with van der Waals surface area (Å²) in [6.45, 7) is 7.45. The van der Waals surface area contributed by atoms with Crippen LogP contribution in [0, 0.1) is 5.41 Å². The molecule has 0 atom stereocenters. The highest BCUT2D eigenvalue weighted by Crippen LogP contribution is 2.15. The van der Waals surface area contributed by atoms with Crippen molar-refractivity contribution < 1.29 is 9.53 Å². The Balaban J connectivity index is 1.55. The van der Waals surface area contributed by atoms with Crippen LogP contribution in [-0.4, -0.2) is 55.9 Å². The second kappa shape index (κ2) is 9.30. The molecule has 0 saturated carbocycles. The molecule has 0 amide bonds. The minimum Gasteiger partial charge on any atom is -0.465 e. The van der Waals surface area contributed by atoms with Gasteiger partial charge in [-0.2, -0.15) is 0 Å². The van der Waals surface area contributed by atoms with Crippen LogP contribution < -0.4 is 4.90 Å². The summed E-state index contributed by atoms with van der Waals surface area (Å²) in [5, 5.41) is 7.24.